The van der Waals surface area contributed by atoms with E-state index < -0.39 is 18.6 Å². The van der Waals surface area contributed by atoms with Crippen molar-refractivity contribution in [1.82, 2.24) is 34.9 Å². The summed E-state index contributed by atoms with van der Waals surface area (Å²) in [6.45, 7) is 1.41. The lowest BCUT2D eigenvalue weighted by Gasteiger charge is -2.10. The number of nitrogen functional groups attached to an aromatic ring is 1. The van der Waals surface area contributed by atoms with Crippen molar-refractivity contribution in [2.24, 2.45) is 0 Å². The van der Waals surface area contributed by atoms with Crippen molar-refractivity contribution in [3.8, 4) is 11.1 Å². The minimum atomic E-state index is -4.55. The van der Waals surface area contributed by atoms with Crippen LogP contribution in [0.2, 0.25) is 0 Å². The van der Waals surface area contributed by atoms with Crippen LogP contribution in [0.4, 0.5) is 36.4 Å². The maximum absolute atomic E-state index is 12.7. The molecule has 1 amide bonds. The second kappa shape index (κ2) is 9.88. The number of benzene rings is 1. The normalized spacial score (nSPS) is 11.7. The number of hydrogen-bond acceptors (Lipinski definition) is 8. The number of halogens is 3. The fraction of sp³-hybridized carbons (Fsp3) is 0.208. The third-order valence-corrected chi connectivity index (χ3v) is 5.63. The molecule has 14 heteroatoms. The van der Waals surface area contributed by atoms with E-state index in [1.54, 1.807) is 24.3 Å². The van der Waals surface area contributed by atoms with Gasteiger partial charge in [0.05, 0.1) is 5.56 Å². The van der Waals surface area contributed by atoms with E-state index >= 15 is 0 Å². The Bertz CT molecular complexity index is 1610. The first-order valence-electron chi connectivity index (χ1n) is 11.7. The summed E-state index contributed by atoms with van der Waals surface area (Å²) in [4.78, 5) is 28.8. The van der Waals surface area contributed by atoms with Gasteiger partial charge in [-0.2, -0.15) is 18.3 Å². The maximum Gasteiger partial charge on any atom is 0.405 e. The standard InChI is InChI=1S/C24H23F3N10O/c1-2-9-29-17-8-7-16-21(35-17)36-23(34-16)33-14-5-3-13(4-6-14)18-15(22(38)30-11-24(25,26)27)10-37-19(18)20(28)31-12-32-37/h3-8,10,12H,2,9,11H2,1H3,(H,30,38)(H2,28,31,32)(H3,29,33,34,35,36). The monoisotopic (exact) mass is 524 g/mol. The second-order valence-corrected chi connectivity index (χ2v) is 8.43. The zero-order valence-corrected chi connectivity index (χ0v) is 20.1. The highest BCUT2D eigenvalue weighted by molar-refractivity contribution is 6.07. The molecule has 0 saturated carbocycles. The molecule has 6 N–H and O–H groups in total. The molecule has 0 atom stereocenters. The molecule has 5 aromatic rings. The van der Waals surface area contributed by atoms with Crippen molar-refractivity contribution in [2.75, 3.05) is 29.5 Å². The van der Waals surface area contributed by atoms with Crippen molar-refractivity contribution in [3.63, 3.8) is 0 Å². The smallest absolute Gasteiger partial charge is 0.382 e. The van der Waals surface area contributed by atoms with Crippen molar-refractivity contribution in [2.45, 2.75) is 19.5 Å². The summed E-state index contributed by atoms with van der Waals surface area (Å²) in [6, 6.07) is 10.6. The van der Waals surface area contributed by atoms with E-state index in [0.717, 1.165) is 18.8 Å². The van der Waals surface area contributed by atoms with E-state index in [4.69, 9.17) is 5.73 Å². The molecule has 0 aliphatic rings. The SMILES string of the molecule is CCCNc1ccc2nc(Nc3ccc(-c4c(C(=O)NCC(F)(F)F)cn5ncnc(N)c45)cc3)[nH]c2n1. The van der Waals surface area contributed by atoms with Crippen molar-refractivity contribution < 1.29 is 18.0 Å². The van der Waals surface area contributed by atoms with Gasteiger partial charge in [-0.25, -0.2) is 19.5 Å². The number of aromatic amines is 1. The summed E-state index contributed by atoms with van der Waals surface area (Å²) in [5, 5.41) is 12.3. The molecular weight excluding hydrogens is 501 g/mol. The second-order valence-electron chi connectivity index (χ2n) is 8.43. The number of imidazole rings is 1. The Balaban J connectivity index is 1.43. The number of rotatable bonds is 8. The van der Waals surface area contributed by atoms with E-state index in [2.05, 4.69) is 42.6 Å². The predicted octanol–water partition coefficient (Wildman–Crippen LogP) is 4.11. The van der Waals surface area contributed by atoms with Gasteiger partial charge in [0.15, 0.2) is 11.5 Å². The van der Waals surface area contributed by atoms with Gasteiger partial charge in [0.25, 0.3) is 5.91 Å². The molecule has 38 heavy (non-hydrogen) atoms. The Morgan fingerprint density at radius 3 is 2.66 bits per heavy atom. The number of nitrogens with one attached hydrogen (secondary N) is 4. The highest BCUT2D eigenvalue weighted by atomic mass is 19.4. The first-order chi connectivity index (χ1) is 18.2. The Morgan fingerprint density at radius 2 is 1.92 bits per heavy atom. The van der Waals surface area contributed by atoms with Crippen LogP contribution in [0.3, 0.4) is 0 Å². The van der Waals surface area contributed by atoms with Crippen LogP contribution in [-0.4, -0.2) is 54.7 Å². The molecule has 0 unspecified atom stereocenters. The summed E-state index contributed by atoms with van der Waals surface area (Å²) in [7, 11) is 0. The molecule has 4 heterocycles. The number of nitrogens with zero attached hydrogens (tertiary/aromatic N) is 5. The third kappa shape index (κ3) is 5.14. The number of H-pyrrole nitrogens is 1. The molecular formula is C24H23F3N10O. The molecule has 196 valence electrons. The zero-order chi connectivity index (χ0) is 26.9. The number of pyridine rings is 1. The Morgan fingerprint density at radius 1 is 1.13 bits per heavy atom. The molecule has 0 aliphatic heterocycles. The molecule has 0 spiro atoms. The van der Waals surface area contributed by atoms with Gasteiger partial charge in [0.2, 0.25) is 5.95 Å². The first kappa shape index (κ1) is 24.8. The Labute approximate surface area is 213 Å². The van der Waals surface area contributed by atoms with Crippen LogP contribution in [0.25, 0.3) is 27.8 Å². The van der Waals surface area contributed by atoms with Gasteiger partial charge in [-0.1, -0.05) is 19.1 Å². The van der Waals surface area contributed by atoms with Crippen molar-refractivity contribution in [1.29, 1.82) is 0 Å². The third-order valence-electron chi connectivity index (χ3n) is 5.63. The van der Waals surface area contributed by atoms with Gasteiger partial charge < -0.3 is 26.7 Å². The summed E-state index contributed by atoms with van der Waals surface area (Å²) in [5.74, 6) is 0.394. The molecule has 5 rings (SSSR count). The van der Waals surface area contributed by atoms with Gasteiger partial charge >= 0.3 is 6.18 Å². The summed E-state index contributed by atoms with van der Waals surface area (Å²) in [5.41, 5.74) is 9.17. The summed E-state index contributed by atoms with van der Waals surface area (Å²) >= 11 is 0. The van der Waals surface area contributed by atoms with Gasteiger partial charge in [0.1, 0.15) is 29.7 Å². The number of carbonyl (C=O) groups is 1. The van der Waals surface area contributed by atoms with E-state index in [1.165, 1.54) is 17.0 Å². The number of amides is 1. The lowest BCUT2D eigenvalue weighted by atomic mass is 10.0. The number of hydrogen-bond donors (Lipinski definition) is 5. The average Bonchev–Trinajstić information content (AvgIpc) is 3.47. The van der Waals surface area contributed by atoms with Gasteiger partial charge in [-0.3, -0.25) is 4.79 Å². The largest absolute Gasteiger partial charge is 0.405 e. The molecule has 0 fully saturated rings. The molecule has 0 bridgehead atoms. The van der Waals surface area contributed by atoms with E-state index in [9.17, 15) is 18.0 Å². The van der Waals surface area contributed by atoms with Crippen molar-refractivity contribution in [3.05, 3.63) is 54.5 Å². The van der Waals surface area contributed by atoms with Gasteiger partial charge in [-0.05, 0) is 36.2 Å². The highest BCUT2D eigenvalue weighted by Gasteiger charge is 2.29. The fourth-order valence-corrected chi connectivity index (χ4v) is 3.94. The van der Waals surface area contributed by atoms with Crippen LogP contribution in [0.15, 0.2) is 48.9 Å². The molecule has 0 radical (unpaired) electrons. The van der Waals surface area contributed by atoms with E-state index in [1.807, 2.05) is 17.4 Å². The number of alkyl halides is 3. The number of nitrogens with two attached hydrogens (primary N) is 1. The summed E-state index contributed by atoms with van der Waals surface area (Å²) in [6.07, 6.45) is -1.06. The van der Waals surface area contributed by atoms with Crippen LogP contribution in [-0.2, 0) is 0 Å². The Hall–Kier alpha value is -4.88. The van der Waals surface area contributed by atoms with Gasteiger partial charge in [0, 0.05) is 24.0 Å². The quantitative estimate of drug-likeness (QED) is 0.204. The minimum absolute atomic E-state index is 0.0157. The molecule has 0 saturated heterocycles. The van der Waals surface area contributed by atoms with Crippen LogP contribution in [0.1, 0.15) is 23.7 Å². The molecule has 11 nitrogen and oxygen atoms in total. The van der Waals surface area contributed by atoms with Crippen LogP contribution in [0.5, 0.6) is 0 Å². The lowest BCUT2D eigenvalue weighted by molar-refractivity contribution is -0.123. The maximum atomic E-state index is 12.7. The number of fused-ring (bicyclic) bond motifs is 2. The topological polar surface area (TPSA) is 151 Å². The molecule has 1 aromatic carbocycles. The van der Waals surface area contributed by atoms with E-state index in [-0.39, 0.29) is 11.4 Å². The fourth-order valence-electron chi connectivity index (χ4n) is 3.94. The Kier molecular flexibility index (Phi) is 6.45. The number of carbonyl (C=O) groups excluding carboxylic acids is 1. The van der Waals surface area contributed by atoms with Crippen molar-refractivity contribution >= 4 is 45.9 Å². The zero-order valence-electron chi connectivity index (χ0n) is 20.1. The van der Waals surface area contributed by atoms with Crippen LogP contribution < -0.4 is 21.7 Å². The van der Waals surface area contributed by atoms with E-state index in [0.29, 0.717) is 39.4 Å². The number of anilines is 4. The lowest BCUT2D eigenvalue weighted by Crippen LogP contribution is -2.33. The molecule has 0 aliphatic carbocycles. The van der Waals surface area contributed by atoms with Crippen LogP contribution in [0, 0.1) is 0 Å². The predicted molar refractivity (Wildman–Crippen MR) is 137 cm³/mol. The minimum Gasteiger partial charge on any atom is -0.382 e. The number of aromatic nitrogens is 6. The average molecular weight is 525 g/mol. The highest BCUT2D eigenvalue weighted by Crippen LogP contribution is 2.33. The van der Waals surface area contributed by atoms with Crippen LogP contribution >= 0.6 is 0 Å². The summed E-state index contributed by atoms with van der Waals surface area (Å²) < 4.78 is 39.4. The van der Waals surface area contributed by atoms with Gasteiger partial charge in [-0.15, -0.1) is 0 Å². The first-order valence-corrected chi connectivity index (χ1v) is 11.7. The molecule has 4 aromatic heterocycles.